The summed E-state index contributed by atoms with van der Waals surface area (Å²) in [7, 11) is 0. The highest BCUT2D eigenvalue weighted by Crippen LogP contribution is 2.35. The van der Waals surface area contributed by atoms with E-state index in [0.29, 0.717) is 0 Å². The van der Waals surface area contributed by atoms with E-state index in [0.717, 1.165) is 16.8 Å². The third-order valence-electron chi connectivity index (χ3n) is 3.58. The summed E-state index contributed by atoms with van der Waals surface area (Å²) in [5.41, 5.74) is 3.80. The topological polar surface area (TPSA) is 29.1 Å². The number of Topliss-reactive ketones (excluding diaryl/α,β-unsaturated/α-hetero) is 1. The van der Waals surface area contributed by atoms with E-state index >= 15 is 0 Å². The minimum atomic E-state index is 0.0927. The summed E-state index contributed by atoms with van der Waals surface area (Å²) >= 11 is 0. The van der Waals surface area contributed by atoms with Gasteiger partial charge in [0.15, 0.2) is 5.78 Å². The van der Waals surface area contributed by atoms with E-state index in [9.17, 15) is 4.79 Å². The summed E-state index contributed by atoms with van der Waals surface area (Å²) in [5, 5.41) is 3.21. The molecule has 0 bridgehead atoms. The molecule has 94 valence electrons. The highest BCUT2D eigenvalue weighted by atomic mass is 16.1. The van der Waals surface area contributed by atoms with Crippen LogP contribution in [0.4, 0.5) is 5.69 Å². The molecule has 2 aromatic rings. The van der Waals surface area contributed by atoms with Crippen LogP contribution >= 0.6 is 0 Å². The van der Waals surface area contributed by atoms with Crippen molar-refractivity contribution in [2.45, 2.75) is 12.8 Å². The van der Waals surface area contributed by atoms with Crippen LogP contribution in [-0.4, -0.2) is 5.78 Å². The van der Waals surface area contributed by atoms with Crippen molar-refractivity contribution in [3.05, 3.63) is 77.5 Å². The molecule has 3 rings (SSSR count). The van der Waals surface area contributed by atoms with Gasteiger partial charge in [-0.2, -0.15) is 0 Å². The normalized spacial score (nSPS) is 17.1. The van der Waals surface area contributed by atoms with E-state index in [1.165, 1.54) is 5.56 Å². The molecule has 19 heavy (non-hydrogen) atoms. The molecule has 1 atom stereocenters. The maximum atomic E-state index is 12.5. The van der Waals surface area contributed by atoms with E-state index in [4.69, 9.17) is 0 Å². The smallest absolute Gasteiger partial charge is 0.191 e. The molecule has 0 fully saturated rings. The van der Waals surface area contributed by atoms with Gasteiger partial charge in [0.2, 0.25) is 0 Å². The van der Waals surface area contributed by atoms with Crippen LogP contribution in [-0.2, 0) is 0 Å². The second-order valence-corrected chi connectivity index (χ2v) is 4.75. The highest BCUT2D eigenvalue weighted by molar-refractivity contribution is 6.10. The molecule has 1 heterocycles. The summed E-state index contributed by atoms with van der Waals surface area (Å²) in [6, 6.07) is 17.5. The second kappa shape index (κ2) is 4.73. The molecule has 0 aromatic heterocycles. The number of anilines is 1. The zero-order chi connectivity index (χ0) is 13.2. The Balaban J connectivity index is 1.96. The minimum absolute atomic E-state index is 0.0927. The largest absolute Gasteiger partial charge is 0.361 e. The number of hydrogen-bond acceptors (Lipinski definition) is 2. The molecular weight excluding hydrogens is 234 g/mol. The van der Waals surface area contributed by atoms with Crippen LogP contribution in [0.3, 0.4) is 0 Å². The van der Waals surface area contributed by atoms with Gasteiger partial charge in [0.25, 0.3) is 0 Å². The van der Waals surface area contributed by atoms with Gasteiger partial charge in [-0.1, -0.05) is 55.5 Å². The summed E-state index contributed by atoms with van der Waals surface area (Å²) in [6.45, 7) is 2.08. The van der Waals surface area contributed by atoms with Crippen molar-refractivity contribution < 1.29 is 4.79 Å². The average molecular weight is 249 g/mol. The predicted octanol–water partition coefficient (Wildman–Crippen LogP) is 3.98. The monoisotopic (exact) mass is 249 g/mol. The first-order valence-corrected chi connectivity index (χ1v) is 6.42. The lowest BCUT2D eigenvalue weighted by atomic mass is 9.85. The summed E-state index contributed by atoms with van der Waals surface area (Å²) < 4.78 is 0. The number of allylic oxidation sites excluding steroid dienone is 1. The zero-order valence-corrected chi connectivity index (χ0v) is 10.8. The minimum Gasteiger partial charge on any atom is -0.361 e. The standard InChI is InChI=1S/C17H15NO/c1-12-14-9-5-6-10-16(14)18-11-15(12)17(19)13-7-3-2-4-8-13/h2-12,18H,1H3. The van der Waals surface area contributed by atoms with E-state index in [-0.39, 0.29) is 11.7 Å². The number of rotatable bonds is 2. The Morgan fingerprint density at radius 3 is 2.47 bits per heavy atom. The molecule has 0 spiro atoms. The predicted molar refractivity (Wildman–Crippen MR) is 77.3 cm³/mol. The third kappa shape index (κ3) is 2.06. The number of benzene rings is 2. The van der Waals surface area contributed by atoms with Gasteiger partial charge in [0, 0.05) is 28.9 Å². The van der Waals surface area contributed by atoms with Crippen LogP contribution in [0.25, 0.3) is 0 Å². The van der Waals surface area contributed by atoms with Crippen molar-refractivity contribution in [2.24, 2.45) is 0 Å². The SMILES string of the molecule is CC1C(C(=O)c2ccccc2)=CNc2ccccc21. The van der Waals surface area contributed by atoms with Gasteiger partial charge in [-0.05, 0) is 11.6 Å². The van der Waals surface area contributed by atoms with Crippen molar-refractivity contribution in [2.75, 3.05) is 5.32 Å². The lowest BCUT2D eigenvalue weighted by Crippen LogP contribution is -2.16. The summed E-state index contributed by atoms with van der Waals surface area (Å²) in [6.07, 6.45) is 1.84. The number of carbonyl (C=O) groups excluding carboxylic acids is 1. The first-order chi connectivity index (χ1) is 9.27. The van der Waals surface area contributed by atoms with E-state index in [2.05, 4.69) is 18.3 Å². The fourth-order valence-electron chi connectivity index (χ4n) is 2.47. The van der Waals surface area contributed by atoms with E-state index in [1.807, 2.05) is 54.7 Å². The van der Waals surface area contributed by atoms with Crippen LogP contribution in [0.15, 0.2) is 66.4 Å². The molecule has 0 saturated heterocycles. The molecule has 2 heteroatoms. The van der Waals surface area contributed by atoms with Crippen molar-refractivity contribution in [3.8, 4) is 0 Å². The summed E-state index contributed by atoms with van der Waals surface area (Å²) in [5.74, 6) is 0.209. The van der Waals surface area contributed by atoms with Crippen molar-refractivity contribution in [1.29, 1.82) is 0 Å². The molecular formula is C17H15NO. The van der Waals surface area contributed by atoms with Crippen LogP contribution in [0, 0.1) is 0 Å². The molecule has 0 aliphatic carbocycles. The fraction of sp³-hybridized carbons (Fsp3) is 0.118. The van der Waals surface area contributed by atoms with Crippen molar-refractivity contribution >= 4 is 11.5 Å². The van der Waals surface area contributed by atoms with Gasteiger partial charge >= 0.3 is 0 Å². The lowest BCUT2D eigenvalue weighted by Gasteiger charge is -2.24. The maximum Gasteiger partial charge on any atom is 0.191 e. The van der Waals surface area contributed by atoms with E-state index < -0.39 is 0 Å². The Hall–Kier alpha value is -2.35. The summed E-state index contributed by atoms with van der Waals surface area (Å²) in [4.78, 5) is 12.5. The zero-order valence-electron chi connectivity index (χ0n) is 10.8. The van der Waals surface area contributed by atoms with Gasteiger partial charge in [-0.3, -0.25) is 4.79 Å². The molecule has 0 amide bonds. The second-order valence-electron chi connectivity index (χ2n) is 4.75. The molecule has 1 N–H and O–H groups in total. The quantitative estimate of drug-likeness (QED) is 0.815. The van der Waals surface area contributed by atoms with E-state index in [1.54, 1.807) is 0 Å². The van der Waals surface area contributed by atoms with Gasteiger partial charge in [-0.15, -0.1) is 0 Å². The number of ketones is 1. The number of nitrogens with one attached hydrogen (secondary N) is 1. The Bertz CT molecular complexity index is 643. The molecule has 1 unspecified atom stereocenters. The Morgan fingerprint density at radius 1 is 1.00 bits per heavy atom. The Labute approximate surface area is 112 Å². The number of fused-ring (bicyclic) bond motifs is 1. The van der Waals surface area contributed by atoms with Crippen molar-refractivity contribution in [1.82, 2.24) is 0 Å². The first-order valence-electron chi connectivity index (χ1n) is 6.42. The van der Waals surface area contributed by atoms with Crippen LogP contribution in [0.1, 0.15) is 28.8 Å². The number of carbonyl (C=O) groups is 1. The molecule has 2 aromatic carbocycles. The molecule has 0 saturated carbocycles. The lowest BCUT2D eigenvalue weighted by molar-refractivity contribution is 0.102. The molecule has 1 aliphatic heterocycles. The Morgan fingerprint density at radius 2 is 1.68 bits per heavy atom. The van der Waals surface area contributed by atoms with Gasteiger partial charge in [0.1, 0.15) is 0 Å². The van der Waals surface area contributed by atoms with Crippen LogP contribution in [0.5, 0.6) is 0 Å². The third-order valence-corrected chi connectivity index (χ3v) is 3.58. The van der Waals surface area contributed by atoms with Gasteiger partial charge < -0.3 is 5.32 Å². The van der Waals surface area contributed by atoms with Gasteiger partial charge in [-0.25, -0.2) is 0 Å². The average Bonchev–Trinajstić information content (AvgIpc) is 2.48. The molecule has 0 radical (unpaired) electrons. The molecule has 1 aliphatic rings. The number of para-hydroxylation sites is 1. The number of hydrogen-bond donors (Lipinski definition) is 1. The Kier molecular flexibility index (Phi) is 2.92. The van der Waals surface area contributed by atoms with Crippen LogP contribution in [0.2, 0.25) is 0 Å². The van der Waals surface area contributed by atoms with Crippen molar-refractivity contribution in [3.63, 3.8) is 0 Å². The maximum absolute atomic E-state index is 12.5. The highest BCUT2D eigenvalue weighted by Gasteiger charge is 2.24. The van der Waals surface area contributed by atoms with Gasteiger partial charge in [0.05, 0.1) is 0 Å². The van der Waals surface area contributed by atoms with Crippen LogP contribution < -0.4 is 5.32 Å². The molecule has 2 nitrogen and oxygen atoms in total. The fourth-order valence-corrected chi connectivity index (χ4v) is 2.47. The first kappa shape index (κ1) is 11.7.